The van der Waals surface area contributed by atoms with Gasteiger partial charge in [0.2, 0.25) is 47.3 Å². The average molecular weight is 2000 g/mol. The average Bonchev–Trinajstić information content (AvgIpc) is 0.957. The molecule has 0 saturated heterocycles. The van der Waals surface area contributed by atoms with Crippen LogP contribution >= 0.6 is 50.5 Å². The third-order valence-electron chi connectivity index (χ3n) is 22.9. The van der Waals surface area contributed by atoms with Crippen LogP contribution in [0.4, 0.5) is 0 Å². The summed E-state index contributed by atoms with van der Waals surface area (Å²) in [5, 5.41) is 28.6. The van der Waals surface area contributed by atoms with Crippen LogP contribution in [0.25, 0.3) is 0 Å². The first-order valence-corrected chi connectivity index (χ1v) is 55.5. The van der Waals surface area contributed by atoms with Gasteiger partial charge in [-0.1, -0.05) is 268 Å². The highest BCUT2D eigenvalue weighted by atomic mass is 32.1. The Kier molecular flexibility index (Phi) is 98.8. The van der Waals surface area contributed by atoms with E-state index in [0.717, 1.165) is 154 Å². The van der Waals surface area contributed by atoms with Gasteiger partial charge >= 0.3 is 0 Å². The number of hydrogen-bond acceptors (Lipinski definition) is 20. The molecular formula is C105H194N16O12S4. The Bertz CT molecular complexity index is 3130. The van der Waals surface area contributed by atoms with E-state index in [1.165, 1.54) is 154 Å². The van der Waals surface area contributed by atoms with Gasteiger partial charge in [-0.2, -0.15) is 0 Å². The minimum Gasteiger partial charge on any atom is -0.356 e. The highest BCUT2D eigenvalue weighted by Gasteiger charge is 2.22. The van der Waals surface area contributed by atoms with E-state index >= 15 is 0 Å². The Hall–Kier alpha value is -6.68. The van der Waals surface area contributed by atoms with E-state index in [0.29, 0.717) is 97.6 Å². The van der Waals surface area contributed by atoms with Crippen molar-refractivity contribution in [1.82, 2.24) is 73.6 Å². The minimum absolute atomic E-state index is 0.156. The van der Waals surface area contributed by atoms with Crippen molar-refractivity contribution >= 4 is 121 Å². The van der Waals surface area contributed by atoms with Crippen LogP contribution in [0.15, 0.2) is 72.9 Å². The lowest BCUT2D eigenvalue weighted by molar-refractivity contribution is -0.127. The van der Waals surface area contributed by atoms with E-state index in [-0.39, 0.29) is 112 Å². The lowest BCUT2D eigenvalue weighted by atomic mass is 10.1. The maximum Gasteiger partial charge on any atom is 0.252 e. The smallest absolute Gasteiger partial charge is 0.252 e. The van der Waals surface area contributed by atoms with Gasteiger partial charge in [0, 0.05) is 156 Å². The summed E-state index contributed by atoms with van der Waals surface area (Å²) in [5.41, 5.74) is 11.5. The van der Waals surface area contributed by atoms with E-state index in [4.69, 9.17) is 11.5 Å². The molecular weight excluding hydrogens is 1810 g/mol. The molecule has 32 heteroatoms. The summed E-state index contributed by atoms with van der Waals surface area (Å²) < 4.78 is 0. The normalized spacial score (nSPS) is 12.4. The highest BCUT2D eigenvalue weighted by Crippen LogP contribution is 2.16. The maximum absolute atomic E-state index is 12.5. The molecule has 137 heavy (non-hydrogen) atoms. The number of nitrogens with one attached hydrogen (secondary N) is 12. The Morgan fingerprint density at radius 2 is 0.394 bits per heavy atom. The zero-order valence-corrected chi connectivity index (χ0v) is 89.2. The molecule has 0 heterocycles. The second-order valence-corrected chi connectivity index (χ2v) is 37.8. The van der Waals surface area contributed by atoms with E-state index < -0.39 is 45.1 Å². The monoisotopic (exact) mass is 2000 g/mol. The third kappa shape index (κ3) is 95.3. The molecule has 0 aliphatic rings. The van der Waals surface area contributed by atoms with Crippen LogP contribution < -0.4 is 75.3 Å². The minimum atomic E-state index is -0.975. The number of carbonyl (C=O) groups is 12. The number of hydrogen-bond donors (Lipinski definition) is 18. The number of carbonyl (C=O) groups excluding carboxylic acids is 12. The second kappa shape index (κ2) is 102. The summed E-state index contributed by atoms with van der Waals surface area (Å²) in [4.78, 5) is 153. The van der Waals surface area contributed by atoms with Crippen molar-refractivity contribution in [3.63, 3.8) is 0 Å². The van der Waals surface area contributed by atoms with Gasteiger partial charge in [-0.05, 0) is 148 Å². The Balaban J connectivity index is 0. The number of amides is 12. The lowest BCUT2D eigenvalue weighted by Gasteiger charge is -2.21. The highest BCUT2D eigenvalue weighted by molar-refractivity contribution is 7.82. The Labute approximate surface area is 851 Å². The predicted octanol–water partition coefficient (Wildman–Crippen LogP) is 16.6. The van der Waals surface area contributed by atoms with Gasteiger partial charge in [0.05, 0.1) is 0 Å². The van der Waals surface area contributed by atoms with Crippen molar-refractivity contribution in [2.75, 3.05) is 105 Å². The predicted molar refractivity (Wildman–Crippen MR) is 579 cm³/mol. The van der Waals surface area contributed by atoms with Crippen LogP contribution in [0, 0.1) is 0 Å². The maximum atomic E-state index is 12.5. The first-order chi connectivity index (χ1) is 66.6. The molecule has 0 saturated carbocycles. The second-order valence-electron chi connectivity index (χ2n) is 35.7. The number of nitrogens with two attached hydrogens (primary N) is 2. The van der Waals surface area contributed by atoms with E-state index in [2.05, 4.69) is 215 Å². The number of nitrogens with zero attached hydrogens (tertiary/aromatic N) is 2. The molecule has 0 radical (unpaired) electrons. The molecule has 28 nitrogen and oxygen atoms in total. The quantitative estimate of drug-likeness (QED) is 0.0116. The number of allylic oxidation sites excluding steroid dienone is 12. The molecule has 4 unspecified atom stereocenters. The van der Waals surface area contributed by atoms with E-state index in [1.807, 2.05) is 9.80 Å². The molecule has 0 aliphatic heterocycles. The first-order valence-electron chi connectivity index (χ1n) is 53.4. The zero-order chi connectivity index (χ0) is 101. The molecule has 12 amide bonds. The number of thiol groups is 4. The lowest BCUT2D eigenvalue weighted by Crippen LogP contribution is -2.45. The van der Waals surface area contributed by atoms with Gasteiger partial charge in [-0.15, -0.1) is 50.5 Å². The van der Waals surface area contributed by atoms with Gasteiger partial charge in [-0.25, -0.2) is 0 Å². The summed E-state index contributed by atoms with van der Waals surface area (Å²) in [6.45, 7) is 14.2. The van der Waals surface area contributed by atoms with Crippen molar-refractivity contribution in [2.24, 2.45) is 11.5 Å². The van der Waals surface area contributed by atoms with E-state index in [1.54, 1.807) is 0 Å². The zero-order valence-electron chi connectivity index (χ0n) is 85.6. The van der Waals surface area contributed by atoms with Gasteiger partial charge in [0.15, 0.2) is 21.5 Å². The van der Waals surface area contributed by atoms with Crippen LogP contribution in [0.3, 0.4) is 0 Å². The molecule has 0 aromatic rings. The van der Waals surface area contributed by atoms with Crippen molar-refractivity contribution in [2.45, 2.75) is 415 Å². The molecule has 4 atom stereocenters. The van der Waals surface area contributed by atoms with Gasteiger partial charge < -0.3 is 85.1 Å². The van der Waals surface area contributed by atoms with Crippen LogP contribution in [0.2, 0.25) is 0 Å². The van der Waals surface area contributed by atoms with Gasteiger partial charge in [0.1, 0.15) is 0 Å². The van der Waals surface area contributed by atoms with Gasteiger partial charge in [-0.3, -0.25) is 57.5 Å². The van der Waals surface area contributed by atoms with Crippen molar-refractivity contribution in [1.29, 1.82) is 0 Å². The molecule has 16 N–H and O–H groups in total. The standard InChI is InChI=1S/C53H96N8O6S2.C52H98N8O6S2/c1-3-5-7-9-11-13-15-17-19-21-23-25-27-29-31-34-48(64)59-52(68)50(66)57-40-33-39-55-46(62)36-43-61(45-38-54)44-37-47(63)56-41-42-58-51(67)53(69)60-49(65)35-32-30-28-26-24-22-20-18-16-14-12-10-8-6-4-2;1-3-5-7-9-11-13-15-17-19-21-23-25-27-29-31-33-47(63)58-51(67)49(65)56-40-38-54-45(61)35-42-60(44-37-53)43-36-46(62)55-39-41-57-50(66)52(68)59-48(64)34-32-30-28-26-24-22-20-18-16-14-12-10-8-6-4-2/h11-14,17-20,52-53,68-69H,3-10,15-16,21-45,54H2,1-2H3,(H,55,62)(H,56,63)(H,57,66)(H,58,67)(H,59,64)(H,60,65);17-20,51-52,67-68H,3-16,21-44,53H2,1-2H3,(H,54,61)(H,55,62)(H,56,65)(H,57,66)(H,58,63)(H,59,64)/b13-11-,14-12-,19-17-,20-18-;19-17-,20-18-. The Morgan fingerprint density at radius 1 is 0.212 bits per heavy atom. The van der Waals surface area contributed by atoms with Crippen LogP contribution in [-0.2, 0) is 57.5 Å². The summed E-state index contributed by atoms with van der Waals surface area (Å²) in [6, 6.07) is 0. The molecule has 0 rings (SSSR count). The molecule has 0 aromatic heterocycles. The summed E-state index contributed by atoms with van der Waals surface area (Å²) >= 11 is 16.9. The topological polar surface area (TPSA) is 408 Å². The van der Waals surface area contributed by atoms with Gasteiger partial charge in [0.25, 0.3) is 23.6 Å². The molecule has 0 bridgehead atoms. The van der Waals surface area contributed by atoms with Crippen LogP contribution in [0.1, 0.15) is 394 Å². The summed E-state index contributed by atoms with van der Waals surface area (Å²) in [5.74, 6) is -3.32. The molecule has 0 fully saturated rings. The fraction of sp³-hybridized carbons (Fsp3) is 0.771. The molecule has 0 aromatic carbocycles. The third-order valence-corrected chi connectivity index (χ3v) is 24.4. The molecule has 0 aliphatic carbocycles. The van der Waals surface area contributed by atoms with Crippen LogP contribution in [0.5, 0.6) is 0 Å². The first kappa shape index (κ1) is 132. The van der Waals surface area contributed by atoms with Crippen molar-refractivity contribution < 1.29 is 57.5 Å². The Morgan fingerprint density at radius 3 is 0.635 bits per heavy atom. The largest absolute Gasteiger partial charge is 0.356 e. The molecule has 790 valence electrons. The fourth-order valence-corrected chi connectivity index (χ4v) is 15.5. The van der Waals surface area contributed by atoms with Crippen LogP contribution in [-0.4, -0.2) is 207 Å². The number of rotatable bonds is 95. The summed E-state index contributed by atoms with van der Waals surface area (Å²) in [7, 11) is 0. The number of unbranched alkanes of at least 4 members (excludes halogenated alkanes) is 38. The fourth-order valence-electron chi connectivity index (χ4n) is 14.6. The summed E-state index contributed by atoms with van der Waals surface area (Å²) in [6.07, 6.45) is 85.1. The SMILES string of the molecule is CCCCC/C=C\C/C=C\CCCCCCCC(=O)NC(S)C(=O)NCCCNC(=O)CCN(CCN)CCC(=O)NCCNC(=O)C(S)NC(=O)CCCCCCC/C=C\C/C=C\CCCCC.CCCCCCCC/C=C\CCCCCCCC(=O)NC(S)C(=O)NCCNC(=O)CCN(CCN)CCC(=O)NCCNC(=O)C(S)NC(=O)CCCCCCC/C=C\CCCCCCCC. The molecule has 0 spiro atoms. The van der Waals surface area contributed by atoms with Crippen molar-refractivity contribution in [3.8, 4) is 0 Å². The van der Waals surface area contributed by atoms with Crippen molar-refractivity contribution in [3.05, 3.63) is 72.9 Å². The van der Waals surface area contributed by atoms with E-state index in [9.17, 15) is 57.5 Å².